The molecule has 0 unspecified atom stereocenters. The SMILES string of the molecule is CCN(CC)CC.Cc1ccccc1.N=C=O.N=C=O. The van der Waals surface area contributed by atoms with Crippen LogP contribution in [-0.4, -0.2) is 36.7 Å². The van der Waals surface area contributed by atoms with E-state index in [1.807, 2.05) is 18.2 Å². The molecule has 0 aliphatic heterocycles. The Morgan fingerprint density at radius 2 is 1.20 bits per heavy atom. The van der Waals surface area contributed by atoms with Gasteiger partial charge in [0, 0.05) is 0 Å². The molecule has 2 N–H and O–H groups in total. The molecular formula is C15H25N3O2. The summed E-state index contributed by atoms with van der Waals surface area (Å²) in [6.45, 7) is 12.2. The van der Waals surface area contributed by atoms with Gasteiger partial charge in [0.2, 0.25) is 12.2 Å². The molecule has 0 heterocycles. The lowest BCUT2D eigenvalue weighted by Gasteiger charge is -2.13. The summed E-state index contributed by atoms with van der Waals surface area (Å²) < 4.78 is 0. The van der Waals surface area contributed by atoms with Gasteiger partial charge in [0.25, 0.3) is 0 Å². The largest absolute Gasteiger partial charge is 0.304 e. The number of benzene rings is 1. The Bertz CT molecular complexity index is 333. The summed E-state index contributed by atoms with van der Waals surface area (Å²) in [5.41, 5.74) is 1.32. The minimum absolute atomic E-state index is 0.750. The zero-order valence-corrected chi connectivity index (χ0v) is 12.8. The van der Waals surface area contributed by atoms with Crippen molar-refractivity contribution in [2.75, 3.05) is 19.6 Å². The number of aryl methyl sites for hydroxylation is 1. The van der Waals surface area contributed by atoms with E-state index >= 15 is 0 Å². The predicted octanol–water partition coefficient (Wildman–Crippen LogP) is 3.15. The molecule has 1 aromatic rings. The zero-order chi connectivity index (χ0) is 16.2. The van der Waals surface area contributed by atoms with Crippen molar-refractivity contribution in [3.05, 3.63) is 35.9 Å². The van der Waals surface area contributed by atoms with Gasteiger partial charge >= 0.3 is 0 Å². The summed E-state index contributed by atoms with van der Waals surface area (Å²) in [4.78, 5) is 19.1. The van der Waals surface area contributed by atoms with Crippen molar-refractivity contribution in [2.24, 2.45) is 0 Å². The van der Waals surface area contributed by atoms with Crippen molar-refractivity contribution in [3.8, 4) is 0 Å². The van der Waals surface area contributed by atoms with E-state index in [9.17, 15) is 0 Å². The van der Waals surface area contributed by atoms with Crippen LogP contribution in [0.2, 0.25) is 0 Å². The molecule has 0 radical (unpaired) electrons. The first-order valence-corrected chi connectivity index (χ1v) is 6.39. The number of rotatable bonds is 3. The standard InChI is InChI=1S/C7H8.C6H15N.2CHNO/c1-7-5-3-2-4-6-7;1-4-7(5-2)6-3;2*2-1-3/h2-6H,1H3;4-6H2,1-3H3;2*2H. The molecule has 0 spiro atoms. The second-order valence-electron chi connectivity index (χ2n) is 3.48. The molecule has 0 saturated heterocycles. The van der Waals surface area contributed by atoms with Gasteiger partial charge in [-0.15, -0.1) is 0 Å². The Labute approximate surface area is 121 Å². The summed E-state index contributed by atoms with van der Waals surface area (Å²) in [5, 5.41) is 10.8. The summed E-state index contributed by atoms with van der Waals surface area (Å²) >= 11 is 0. The van der Waals surface area contributed by atoms with Crippen LogP contribution >= 0.6 is 0 Å². The molecular weight excluding hydrogens is 254 g/mol. The van der Waals surface area contributed by atoms with Crippen molar-refractivity contribution >= 4 is 12.2 Å². The molecule has 0 saturated carbocycles. The molecule has 0 aliphatic carbocycles. The minimum atomic E-state index is 0.750. The molecule has 0 aromatic heterocycles. The predicted molar refractivity (Wildman–Crippen MR) is 81.5 cm³/mol. The third kappa shape index (κ3) is 25.0. The third-order valence-electron chi connectivity index (χ3n) is 2.28. The van der Waals surface area contributed by atoms with Gasteiger partial charge in [0.05, 0.1) is 0 Å². The van der Waals surface area contributed by atoms with Gasteiger partial charge in [-0.3, -0.25) is 0 Å². The average Bonchev–Trinajstić information content (AvgIpc) is 2.44. The van der Waals surface area contributed by atoms with Crippen LogP contribution in [0.25, 0.3) is 0 Å². The molecule has 0 aliphatic rings. The summed E-state index contributed by atoms with van der Waals surface area (Å²) in [7, 11) is 0. The Hall–Kier alpha value is -2.06. The number of hydrogen-bond donors (Lipinski definition) is 2. The van der Waals surface area contributed by atoms with Crippen molar-refractivity contribution in [1.29, 1.82) is 10.8 Å². The molecule has 112 valence electrons. The third-order valence-corrected chi connectivity index (χ3v) is 2.28. The number of nitrogens with zero attached hydrogens (tertiary/aromatic N) is 1. The minimum Gasteiger partial charge on any atom is -0.304 e. The molecule has 20 heavy (non-hydrogen) atoms. The molecule has 5 nitrogen and oxygen atoms in total. The van der Waals surface area contributed by atoms with Crippen LogP contribution < -0.4 is 0 Å². The van der Waals surface area contributed by atoms with Crippen LogP contribution in [0.15, 0.2) is 30.3 Å². The highest BCUT2D eigenvalue weighted by Gasteiger charge is 1.89. The second kappa shape index (κ2) is 22.1. The number of hydrogen-bond acceptors (Lipinski definition) is 5. The fourth-order valence-corrected chi connectivity index (χ4v) is 1.21. The smallest absolute Gasteiger partial charge is 0.231 e. The summed E-state index contributed by atoms with van der Waals surface area (Å²) in [5.74, 6) is 0. The lowest BCUT2D eigenvalue weighted by molar-refractivity contribution is 0.321. The van der Waals surface area contributed by atoms with E-state index in [0.717, 1.165) is 12.2 Å². The van der Waals surface area contributed by atoms with Gasteiger partial charge < -0.3 is 4.90 Å². The van der Waals surface area contributed by atoms with Gasteiger partial charge in [0.1, 0.15) is 0 Å². The van der Waals surface area contributed by atoms with Gasteiger partial charge in [-0.25, -0.2) is 20.4 Å². The molecule has 0 amide bonds. The van der Waals surface area contributed by atoms with E-state index in [2.05, 4.69) is 44.7 Å². The number of carbonyl (C=O) groups excluding carboxylic acids is 2. The average molecular weight is 279 g/mol. The highest BCUT2D eigenvalue weighted by Crippen LogP contribution is 1.92. The van der Waals surface area contributed by atoms with Crippen LogP contribution in [-0.2, 0) is 9.59 Å². The Morgan fingerprint density at radius 3 is 1.30 bits per heavy atom. The maximum absolute atomic E-state index is 8.35. The Kier molecular flexibility index (Phi) is 25.5. The quantitative estimate of drug-likeness (QED) is 0.658. The molecule has 1 rings (SSSR count). The maximum atomic E-state index is 8.35. The lowest BCUT2D eigenvalue weighted by atomic mass is 10.2. The van der Waals surface area contributed by atoms with E-state index in [1.165, 1.54) is 25.2 Å². The number of isocyanates is 2. The van der Waals surface area contributed by atoms with Crippen molar-refractivity contribution in [2.45, 2.75) is 27.7 Å². The van der Waals surface area contributed by atoms with Gasteiger partial charge in [-0.2, -0.15) is 0 Å². The van der Waals surface area contributed by atoms with E-state index in [-0.39, 0.29) is 0 Å². The van der Waals surface area contributed by atoms with Gasteiger partial charge in [-0.05, 0) is 26.6 Å². The first-order chi connectivity index (χ1) is 9.57. The zero-order valence-electron chi connectivity index (χ0n) is 12.8. The topological polar surface area (TPSA) is 85.1 Å². The molecule has 5 heteroatoms. The van der Waals surface area contributed by atoms with E-state index < -0.39 is 0 Å². The molecule has 0 fully saturated rings. The second-order valence-corrected chi connectivity index (χ2v) is 3.48. The van der Waals surface area contributed by atoms with E-state index in [1.54, 1.807) is 0 Å². The van der Waals surface area contributed by atoms with Crippen molar-refractivity contribution in [3.63, 3.8) is 0 Å². The van der Waals surface area contributed by atoms with Crippen LogP contribution in [0.3, 0.4) is 0 Å². The van der Waals surface area contributed by atoms with Crippen LogP contribution in [0.1, 0.15) is 26.3 Å². The van der Waals surface area contributed by atoms with Crippen molar-refractivity contribution < 1.29 is 9.59 Å². The lowest BCUT2D eigenvalue weighted by Crippen LogP contribution is -2.21. The Balaban J connectivity index is -0.000000210. The van der Waals surface area contributed by atoms with E-state index in [4.69, 9.17) is 20.4 Å². The highest BCUT2D eigenvalue weighted by atomic mass is 16.1. The molecule has 0 atom stereocenters. The van der Waals surface area contributed by atoms with Gasteiger partial charge in [-0.1, -0.05) is 56.7 Å². The fourth-order valence-electron chi connectivity index (χ4n) is 1.21. The Morgan fingerprint density at radius 1 is 0.900 bits per heavy atom. The first-order valence-electron chi connectivity index (χ1n) is 6.39. The summed E-state index contributed by atoms with van der Waals surface area (Å²) in [6, 6.07) is 10.3. The van der Waals surface area contributed by atoms with Crippen LogP contribution in [0.4, 0.5) is 0 Å². The van der Waals surface area contributed by atoms with Crippen LogP contribution in [0, 0.1) is 17.7 Å². The van der Waals surface area contributed by atoms with Crippen LogP contribution in [0.5, 0.6) is 0 Å². The van der Waals surface area contributed by atoms with Gasteiger partial charge in [0.15, 0.2) is 0 Å². The van der Waals surface area contributed by atoms with E-state index in [0.29, 0.717) is 0 Å². The monoisotopic (exact) mass is 279 g/mol. The fraction of sp³-hybridized carbons (Fsp3) is 0.467. The molecule has 1 aromatic carbocycles. The first kappa shape index (κ1) is 23.1. The number of nitrogens with one attached hydrogen (secondary N) is 2. The normalized spacial score (nSPS) is 7.45. The molecule has 0 bridgehead atoms. The maximum Gasteiger partial charge on any atom is 0.231 e. The summed E-state index contributed by atoms with van der Waals surface area (Å²) in [6.07, 6.45) is 1.50. The highest BCUT2D eigenvalue weighted by molar-refractivity contribution is 5.26. The van der Waals surface area contributed by atoms with Crippen molar-refractivity contribution in [1.82, 2.24) is 4.90 Å².